The SMILES string of the molecule is C=C(C)[C@H]1CC[C@]2(C)[C@@H]1CC[C@]1(C)CC=C(C)CC[C@H]12. The third kappa shape index (κ3) is 2.02. The van der Waals surface area contributed by atoms with Gasteiger partial charge >= 0.3 is 0 Å². The van der Waals surface area contributed by atoms with Gasteiger partial charge in [-0.3, -0.25) is 0 Å². The largest absolute Gasteiger partial charge is 0.0999 e. The Bertz CT molecular complexity index is 443. The molecule has 3 aliphatic rings. The quantitative estimate of drug-likeness (QED) is 0.503. The zero-order chi connectivity index (χ0) is 14.5. The number of allylic oxidation sites excluding steroid dienone is 3. The van der Waals surface area contributed by atoms with Crippen LogP contribution in [0.1, 0.15) is 72.6 Å². The van der Waals surface area contributed by atoms with E-state index in [1.807, 2.05) is 0 Å². The lowest BCUT2D eigenvalue weighted by Gasteiger charge is -2.54. The molecule has 0 spiro atoms. The highest BCUT2D eigenvalue weighted by Crippen LogP contribution is 2.66. The van der Waals surface area contributed by atoms with Crippen LogP contribution >= 0.6 is 0 Å². The average Bonchev–Trinajstić information content (AvgIpc) is 2.64. The number of rotatable bonds is 1. The van der Waals surface area contributed by atoms with E-state index in [4.69, 9.17) is 0 Å². The number of hydrogen-bond acceptors (Lipinski definition) is 0. The van der Waals surface area contributed by atoms with Gasteiger partial charge in [0, 0.05) is 0 Å². The fraction of sp³-hybridized carbons (Fsp3) is 0.800. The fourth-order valence-corrected chi connectivity index (χ4v) is 6.13. The second-order valence-electron chi connectivity index (χ2n) is 8.64. The minimum absolute atomic E-state index is 0.562. The summed E-state index contributed by atoms with van der Waals surface area (Å²) in [4.78, 5) is 0. The lowest BCUT2D eigenvalue weighted by atomic mass is 9.50. The van der Waals surface area contributed by atoms with Crippen molar-refractivity contribution in [3.8, 4) is 0 Å². The Hall–Kier alpha value is -0.520. The van der Waals surface area contributed by atoms with Crippen LogP contribution in [0.4, 0.5) is 0 Å². The molecule has 0 aromatic heterocycles. The molecule has 0 saturated heterocycles. The molecule has 2 saturated carbocycles. The minimum atomic E-state index is 0.562. The minimum Gasteiger partial charge on any atom is -0.0999 e. The van der Waals surface area contributed by atoms with Crippen molar-refractivity contribution in [3.05, 3.63) is 23.8 Å². The van der Waals surface area contributed by atoms with E-state index < -0.39 is 0 Å². The summed E-state index contributed by atoms with van der Waals surface area (Å²) in [5.74, 6) is 2.64. The van der Waals surface area contributed by atoms with E-state index in [0.29, 0.717) is 10.8 Å². The van der Waals surface area contributed by atoms with Gasteiger partial charge in [0.15, 0.2) is 0 Å². The standard InChI is InChI=1S/C20H32/c1-14(2)16-9-13-20(5)17(16)10-12-19(4)11-8-15(3)6-7-18(19)20/h8,16-18H,1,6-7,9-13H2,2-5H3/t16-,17-,18-,19+,20-/m1/s1. The molecule has 0 aromatic rings. The first kappa shape index (κ1) is 14.4. The van der Waals surface area contributed by atoms with E-state index in [1.54, 1.807) is 5.57 Å². The van der Waals surface area contributed by atoms with Crippen LogP contribution in [0, 0.1) is 28.6 Å². The van der Waals surface area contributed by atoms with Gasteiger partial charge in [-0.1, -0.05) is 37.6 Å². The maximum absolute atomic E-state index is 4.30. The summed E-state index contributed by atoms with van der Waals surface area (Å²) >= 11 is 0. The number of hydrogen-bond donors (Lipinski definition) is 0. The fourth-order valence-electron chi connectivity index (χ4n) is 6.13. The van der Waals surface area contributed by atoms with Crippen molar-refractivity contribution >= 4 is 0 Å². The third-order valence-corrected chi connectivity index (χ3v) is 7.37. The predicted octanol–water partition coefficient (Wildman–Crippen LogP) is 6.14. The van der Waals surface area contributed by atoms with E-state index in [0.717, 1.165) is 17.8 Å². The molecule has 0 unspecified atom stereocenters. The molecule has 0 N–H and O–H groups in total. The van der Waals surface area contributed by atoms with E-state index in [9.17, 15) is 0 Å². The Morgan fingerprint density at radius 2 is 1.95 bits per heavy atom. The van der Waals surface area contributed by atoms with Crippen LogP contribution in [0.5, 0.6) is 0 Å². The van der Waals surface area contributed by atoms with Gasteiger partial charge in [-0.15, -0.1) is 0 Å². The Morgan fingerprint density at radius 3 is 2.65 bits per heavy atom. The second kappa shape index (κ2) is 4.75. The van der Waals surface area contributed by atoms with Crippen LogP contribution in [0.3, 0.4) is 0 Å². The van der Waals surface area contributed by atoms with Crippen LogP contribution in [0.15, 0.2) is 23.8 Å². The monoisotopic (exact) mass is 272 g/mol. The Labute approximate surface area is 125 Å². The first-order valence-electron chi connectivity index (χ1n) is 8.68. The van der Waals surface area contributed by atoms with Gasteiger partial charge in [-0.05, 0) is 87.4 Å². The smallest absolute Gasteiger partial charge is 0.0175 e. The van der Waals surface area contributed by atoms with Crippen LogP contribution in [0.2, 0.25) is 0 Å². The molecular weight excluding hydrogens is 240 g/mol. The maximum Gasteiger partial charge on any atom is -0.0175 e. The number of fused-ring (bicyclic) bond motifs is 3. The van der Waals surface area contributed by atoms with E-state index in [1.165, 1.54) is 50.5 Å². The van der Waals surface area contributed by atoms with E-state index in [2.05, 4.69) is 40.3 Å². The lowest BCUT2D eigenvalue weighted by Crippen LogP contribution is -2.47. The zero-order valence-corrected chi connectivity index (χ0v) is 14.0. The molecule has 0 heteroatoms. The van der Waals surface area contributed by atoms with E-state index in [-0.39, 0.29) is 0 Å². The first-order valence-corrected chi connectivity index (χ1v) is 8.68. The predicted molar refractivity (Wildman–Crippen MR) is 87.6 cm³/mol. The second-order valence-corrected chi connectivity index (χ2v) is 8.64. The molecule has 0 aliphatic heterocycles. The van der Waals surface area contributed by atoms with Gasteiger partial charge in [-0.25, -0.2) is 0 Å². The molecule has 20 heavy (non-hydrogen) atoms. The topological polar surface area (TPSA) is 0 Å². The highest BCUT2D eigenvalue weighted by molar-refractivity contribution is 5.16. The van der Waals surface area contributed by atoms with Crippen molar-refractivity contribution in [2.45, 2.75) is 72.6 Å². The van der Waals surface area contributed by atoms with Crippen molar-refractivity contribution in [1.82, 2.24) is 0 Å². The summed E-state index contributed by atoms with van der Waals surface area (Å²) in [6.45, 7) is 14.1. The molecule has 5 atom stereocenters. The van der Waals surface area contributed by atoms with Crippen molar-refractivity contribution in [2.24, 2.45) is 28.6 Å². The molecule has 112 valence electrons. The summed E-state index contributed by atoms with van der Waals surface area (Å²) in [6, 6.07) is 0. The molecule has 0 radical (unpaired) electrons. The van der Waals surface area contributed by atoms with Gasteiger partial charge in [0.25, 0.3) is 0 Å². The van der Waals surface area contributed by atoms with Crippen molar-refractivity contribution < 1.29 is 0 Å². The Morgan fingerprint density at radius 1 is 1.20 bits per heavy atom. The summed E-state index contributed by atoms with van der Waals surface area (Å²) in [6.07, 6.45) is 12.3. The normalized spacial score (nSPS) is 48.0. The average molecular weight is 272 g/mol. The van der Waals surface area contributed by atoms with E-state index >= 15 is 0 Å². The van der Waals surface area contributed by atoms with Crippen LogP contribution in [0.25, 0.3) is 0 Å². The summed E-state index contributed by atoms with van der Waals surface area (Å²) < 4.78 is 0. The Kier molecular flexibility index (Phi) is 3.42. The molecule has 0 heterocycles. The Balaban J connectivity index is 1.93. The third-order valence-electron chi connectivity index (χ3n) is 7.37. The molecule has 0 aromatic carbocycles. The summed E-state index contributed by atoms with van der Waals surface area (Å²) in [5, 5.41) is 0. The lowest BCUT2D eigenvalue weighted by molar-refractivity contribution is -0.0481. The highest BCUT2D eigenvalue weighted by atomic mass is 14.6. The summed E-state index contributed by atoms with van der Waals surface area (Å²) in [5.41, 5.74) is 4.22. The molecule has 3 rings (SSSR count). The van der Waals surface area contributed by atoms with Crippen molar-refractivity contribution in [3.63, 3.8) is 0 Å². The molecule has 0 bridgehead atoms. The molecule has 0 nitrogen and oxygen atoms in total. The molecule has 0 amide bonds. The molecule has 3 aliphatic carbocycles. The van der Waals surface area contributed by atoms with Gasteiger partial charge in [-0.2, -0.15) is 0 Å². The van der Waals surface area contributed by atoms with Crippen molar-refractivity contribution in [1.29, 1.82) is 0 Å². The van der Waals surface area contributed by atoms with Crippen LogP contribution < -0.4 is 0 Å². The van der Waals surface area contributed by atoms with Crippen LogP contribution in [-0.2, 0) is 0 Å². The highest BCUT2D eigenvalue weighted by Gasteiger charge is 2.57. The molecule has 2 fully saturated rings. The first-order chi connectivity index (χ1) is 9.37. The van der Waals surface area contributed by atoms with Gasteiger partial charge in [0.1, 0.15) is 0 Å². The molecular formula is C20H32. The summed E-state index contributed by atoms with van der Waals surface area (Å²) in [7, 11) is 0. The van der Waals surface area contributed by atoms with Gasteiger partial charge < -0.3 is 0 Å². The maximum atomic E-state index is 4.30. The van der Waals surface area contributed by atoms with Gasteiger partial charge in [0.2, 0.25) is 0 Å². The van der Waals surface area contributed by atoms with Crippen molar-refractivity contribution in [2.75, 3.05) is 0 Å². The van der Waals surface area contributed by atoms with Gasteiger partial charge in [0.05, 0.1) is 0 Å². The zero-order valence-electron chi connectivity index (χ0n) is 14.0. The van der Waals surface area contributed by atoms with Crippen LogP contribution in [-0.4, -0.2) is 0 Å².